The van der Waals surface area contributed by atoms with Crippen molar-refractivity contribution >= 4 is 57.1 Å². The average Bonchev–Trinajstić information content (AvgIpc) is 3.46. The number of nitrogen functional groups attached to an aromatic ring is 1. The number of hydrogen-bond acceptors (Lipinski definition) is 12. The predicted molar refractivity (Wildman–Crippen MR) is 139 cm³/mol. The van der Waals surface area contributed by atoms with Crippen LogP contribution < -0.4 is 15.8 Å². The van der Waals surface area contributed by atoms with Crippen molar-refractivity contribution in [1.29, 1.82) is 0 Å². The zero-order chi connectivity index (χ0) is 26.3. The molecule has 14 heteroatoms. The van der Waals surface area contributed by atoms with Crippen molar-refractivity contribution < 1.29 is 19.1 Å². The van der Waals surface area contributed by atoms with E-state index < -0.39 is 11.2 Å². The van der Waals surface area contributed by atoms with Gasteiger partial charge >= 0.3 is 5.97 Å². The van der Waals surface area contributed by atoms with E-state index in [0.29, 0.717) is 39.3 Å². The Morgan fingerprint density at radius 3 is 2.81 bits per heavy atom. The summed E-state index contributed by atoms with van der Waals surface area (Å²) in [5.74, 6) is 0.119. The number of rotatable bonds is 7. The molecule has 1 aliphatic heterocycles. The van der Waals surface area contributed by atoms with Crippen LogP contribution in [0, 0.1) is 13.8 Å². The highest BCUT2D eigenvalue weighted by molar-refractivity contribution is 8.00. The Morgan fingerprint density at radius 2 is 2.05 bits per heavy atom. The van der Waals surface area contributed by atoms with E-state index in [2.05, 4.69) is 25.3 Å². The summed E-state index contributed by atoms with van der Waals surface area (Å²) in [4.78, 5) is 42.9. The fourth-order valence-corrected chi connectivity index (χ4v) is 6.01. The molecule has 5 heterocycles. The zero-order valence-corrected chi connectivity index (χ0v) is 22.2. The molecular formula is C23H24N8O4S2. The van der Waals surface area contributed by atoms with Gasteiger partial charge in [0.15, 0.2) is 10.8 Å². The number of hydrogen-bond donors (Lipinski definition) is 2. The fourth-order valence-electron chi connectivity index (χ4n) is 4.15. The second-order valence-corrected chi connectivity index (χ2v) is 10.5. The number of nitrogens with one attached hydrogen (secondary N) is 1. The number of esters is 1. The number of carbonyl (C=O) groups is 2. The van der Waals surface area contributed by atoms with E-state index in [1.807, 2.05) is 13.8 Å². The van der Waals surface area contributed by atoms with Gasteiger partial charge in [0.25, 0.3) is 0 Å². The van der Waals surface area contributed by atoms with Gasteiger partial charge in [-0.05, 0) is 20.8 Å². The van der Waals surface area contributed by atoms with Gasteiger partial charge in [-0.2, -0.15) is 10.1 Å². The minimum Gasteiger partial charge on any atom is -0.496 e. The van der Waals surface area contributed by atoms with E-state index in [9.17, 15) is 9.59 Å². The summed E-state index contributed by atoms with van der Waals surface area (Å²) in [6.45, 7) is 6.24. The lowest BCUT2D eigenvalue weighted by Crippen LogP contribution is -2.29. The summed E-state index contributed by atoms with van der Waals surface area (Å²) in [5.41, 5.74) is 9.97. The van der Waals surface area contributed by atoms with E-state index in [0.717, 1.165) is 39.3 Å². The van der Waals surface area contributed by atoms with Crippen molar-refractivity contribution in [2.24, 2.45) is 0 Å². The summed E-state index contributed by atoms with van der Waals surface area (Å²) in [7, 11) is 1.63. The van der Waals surface area contributed by atoms with Crippen molar-refractivity contribution in [2.75, 3.05) is 24.8 Å². The molecule has 1 unspecified atom stereocenters. The smallest absolute Gasteiger partial charge is 0.350 e. The van der Waals surface area contributed by atoms with E-state index in [1.165, 1.54) is 18.0 Å². The van der Waals surface area contributed by atoms with Crippen LogP contribution in [-0.4, -0.2) is 60.6 Å². The summed E-state index contributed by atoms with van der Waals surface area (Å²) in [6.07, 6.45) is 3.51. The first-order valence-electron chi connectivity index (χ1n) is 11.4. The number of ether oxygens (including phenoxy) is 2. The molecule has 5 rings (SSSR count). The van der Waals surface area contributed by atoms with Crippen LogP contribution in [-0.2, 0) is 22.5 Å². The molecule has 192 valence electrons. The maximum atomic E-state index is 13.1. The van der Waals surface area contributed by atoms with Crippen molar-refractivity contribution in [2.45, 2.75) is 44.0 Å². The van der Waals surface area contributed by atoms with Crippen LogP contribution in [0.1, 0.15) is 39.1 Å². The van der Waals surface area contributed by atoms with Crippen LogP contribution in [0.4, 0.5) is 11.1 Å². The summed E-state index contributed by atoms with van der Waals surface area (Å²) < 4.78 is 12.3. The quantitative estimate of drug-likeness (QED) is 0.262. The van der Waals surface area contributed by atoms with Gasteiger partial charge in [-0.1, -0.05) is 23.1 Å². The highest BCUT2D eigenvalue weighted by Gasteiger charge is 2.33. The molecule has 3 N–H and O–H groups in total. The van der Waals surface area contributed by atoms with Crippen molar-refractivity contribution in [1.82, 2.24) is 29.7 Å². The number of amides is 1. The van der Waals surface area contributed by atoms with E-state index >= 15 is 0 Å². The number of pyridine rings is 1. The number of thiazole rings is 1. The number of nitrogens with zero attached hydrogens (tertiary/aromatic N) is 6. The van der Waals surface area contributed by atoms with Crippen LogP contribution in [0.5, 0.6) is 5.75 Å². The Kier molecular flexibility index (Phi) is 6.69. The van der Waals surface area contributed by atoms with Gasteiger partial charge in [-0.25, -0.2) is 19.4 Å². The van der Waals surface area contributed by atoms with Gasteiger partial charge in [0, 0.05) is 23.7 Å². The third-order valence-electron chi connectivity index (χ3n) is 5.84. The summed E-state index contributed by atoms with van der Waals surface area (Å²) in [5, 5.41) is 8.71. The molecule has 0 saturated heterocycles. The van der Waals surface area contributed by atoms with Gasteiger partial charge in [0.1, 0.15) is 15.7 Å². The van der Waals surface area contributed by atoms with Gasteiger partial charge in [0.2, 0.25) is 11.9 Å². The SMILES string of the molecule is CCOC(=O)c1cnc(NC(=O)C2Cc3nn(Cc4ncc(C)c(OC)c4C)c4nc(N)nc(c34)S2)s1. The lowest BCUT2D eigenvalue weighted by Gasteiger charge is -2.19. The largest absolute Gasteiger partial charge is 0.496 e. The Bertz CT molecular complexity index is 1530. The molecule has 4 aromatic rings. The number of thioether (sulfide) groups is 1. The first-order chi connectivity index (χ1) is 17.8. The molecule has 12 nitrogen and oxygen atoms in total. The molecule has 0 bridgehead atoms. The first-order valence-corrected chi connectivity index (χ1v) is 13.1. The third-order valence-corrected chi connectivity index (χ3v) is 7.91. The van der Waals surface area contributed by atoms with E-state index in [1.54, 1.807) is 24.9 Å². The first kappa shape index (κ1) is 24.9. The minimum atomic E-state index is -0.525. The third kappa shape index (κ3) is 4.69. The van der Waals surface area contributed by atoms with Crippen LogP contribution >= 0.6 is 23.1 Å². The number of anilines is 2. The number of methoxy groups -OCH3 is 1. The number of carbonyl (C=O) groups excluding carboxylic acids is 2. The Hall–Kier alpha value is -3.78. The number of nitrogens with two attached hydrogens (primary N) is 1. The van der Waals surface area contributed by atoms with Crippen LogP contribution in [0.3, 0.4) is 0 Å². The number of aromatic nitrogens is 6. The molecule has 0 aliphatic carbocycles. The van der Waals surface area contributed by atoms with Gasteiger partial charge in [-0.3, -0.25) is 9.78 Å². The lowest BCUT2D eigenvalue weighted by atomic mass is 10.1. The normalized spacial score (nSPS) is 14.5. The Labute approximate surface area is 220 Å². The molecule has 0 fully saturated rings. The van der Waals surface area contributed by atoms with Crippen molar-refractivity contribution in [3.63, 3.8) is 0 Å². The molecule has 1 aliphatic rings. The standard InChI is InChI=1S/C23H24N8O4S2/c1-5-35-21(33)15-8-26-23(37-15)28-19(32)14-6-12-16-18(27-22(24)29-20(16)36-14)31(30-12)9-13-11(3)17(34-4)10(2)7-25-13/h7-8,14H,5-6,9H2,1-4H3,(H2,24,27,29)(H,26,28,32). The molecule has 1 amide bonds. The molecule has 4 aromatic heterocycles. The monoisotopic (exact) mass is 540 g/mol. The highest BCUT2D eigenvalue weighted by atomic mass is 32.2. The van der Waals surface area contributed by atoms with E-state index in [4.69, 9.17) is 20.3 Å². The molecule has 37 heavy (non-hydrogen) atoms. The van der Waals surface area contributed by atoms with Crippen LogP contribution in [0.15, 0.2) is 17.4 Å². The maximum Gasteiger partial charge on any atom is 0.350 e. The molecule has 0 spiro atoms. The second kappa shape index (κ2) is 9.94. The topological polar surface area (TPSA) is 160 Å². The van der Waals surface area contributed by atoms with Crippen molar-refractivity contribution in [3.05, 3.63) is 39.8 Å². The fraction of sp³-hybridized carbons (Fsp3) is 0.348. The molecule has 0 aromatic carbocycles. The average molecular weight is 541 g/mol. The molecule has 0 radical (unpaired) electrons. The van der Waals surface area contributed by atoms with Crippen LogP contribution in [0.2, 0.25) is 0 Å². The van der Waals surface area contributed by atoms with Crippen LogP contribution in [0.25, 0.3) is 11.0 Å². The minimum absolute atomic E-state index is 0.0916. The van der Waals surface area contributed by atoms with Gasteiger partial charge < -0.3 is 20.5 Å². The predicted octanol–water partition coefficient (Wildman–Crippen LogP) is 2.77. The van der Waals surface area contributed by atoms with Crippen molar-refractivity contribution in [3.8, 4) is 5.75 Å². The Balaban J connectivity index is 1.41. The Morgan fingerprint density at radius 1 is 1.24 bits per heavy atom. The summed E-state index contributed by atoms with van der Waals surface area (Å²) in [6, 6.07) is 0. The molecule has 0 saturated carbocycles. The highest BCUT2D eigenvalue weighted by Crippen LogP contribution is 2.39. The maximum absolute atomic E-state index is 13.1. The van der Waals surface area contributed by atoms with Gasteiger partial charge in [0.05, 0.1) is 48.5 Å². The lowest BCUT2D eigenvalue weighted by molar-refractivity contribution is -0.115. The van der Waals surface area contributed by atoms with Gasteiger partial charge in [-0.15, -0.1) is 0 Å². The molecular weight excluding hydrogens is 516 g/mol. The number of aryl methyl sites for hydroxylation is 1. The molecule has 1 atom stereocenters. The van der Waals surface area contributed by atoms with E-state index in [-0.39, 0.29) is 18.5 Å². The zero-order valence-electron chi connectivity index (χ0n) is 20.6. The second-order valence-electron chi connectivity index (χ2n) is 8.29. The summed E-state index contributed by atoms with van der Waals surface area (Å²) >= 11 is 2.35.